The second-order valence-corrected chi connectivity index (χ2v) is 5.55. The molecule has 3 aromatic rings. The van der Waals surface area contributed by atoms with Crippen LogP contribution in [-0.4, -0.2) is 12.6 Å². The average molecular weight is 349 g/mol. The highest BCUT2D eigenvalue weighted by Gasteiger charge is 2.09. The first-order chi connectivity index (χ1) is 12.7. The molecule has 0 aliphatic rings. The van der Waals surface area contributed by atoms with Gasteiger partial charge in [-0.3, -0.25) is 0 Å². The Balaban J connectivity index is 1.52. The molecule has 0 aromatic heterocycles. The van der Waals surface area contributed by atoms with E-state index >= 15 is 0 Å². The van der Waals surface area contributed by atoms with Gasteiger partial charge >= 0.3 is 5.97 Å². The fourth-order valence-corrected chi connectivity index (χ4v) is 2.28. The smallest absolute Gasteiger partial charge is 0.349 e. The van der Waals surface area contributed by atoms with Crippen molar-refractivity contribution in [2.24, 2.45) is 0 Å². The van der Waals surface area contributed by atoms with Crippen LogP contribution < -0.4 is 19.9 Å². The van der Waals surface area contributed by atoms with Gasteiger partial charge in [0.1, 0.15) is 23.9 Å². The van der Waals surface area contributed by atoms with Crippen molar-refractivity contribution in [3.63, 3.8) is 0 Å². The second-order valence-electron chi connectivity index (χ2n) is 5.55. The number of nitrogen functional groups attached to an aromatic ring is 1. The van der Waals surface area contributed by atoms with Crippen LogP contribution in [0.1, 0.15) is 5.56 Å². The summed E-state index contributed by atoms with van der Waals surface area (Å²) in [5, 5.41) is 0. The van der Waals surface area contributed by atoms with Crippen LogP contribution >= 0.6 is 0 Å². The summed E-state index contributed by atoms with van der Waals surface area (Å²) in [5.41, 5.74) is 7.42. The van der Waals surface area contributed by atoms with E-state index in [1.807, 2.05) is 48.5 Å². The number of ether oxygens (including phenoxy) is 3. The number of nitrogens with two attached hydrogens (primary N) is 1. The summed E-state index contributed by atoms with van der Waals surface area (Å²) >= 11 is 0. The Morgan fingerprint density at radius 3 is 2.19 bits per heavy atom. The third-order valence-corrected chi connectivity index (χ3v) is 3.55. The van der Waals surface area contributed by atoms with E-state index in [0.29, 0.717) is 29.5 Å². The molecule has 0 heterocycles. The van der Waals surface area contributed by atoms with Crippen molar-refractivity contribution >= 4 is 11.7 Å². The standard InChI is InChI=1S/C21H19NO4/c22-19-13-18(26-21(23)15-24-17-9-5-2-6-10-17)11-12-20(19)25-14-16-7-3-1-4-8-16/h1-13H,14-15,22H2. The summed E-state index contributed by atoms with van der Waals surface area (Å²) in [7, 11) is 0. The number of benzene rings is 3. The SMILES string of the molecule is Nc1cc(OC(=O)COc2ccccc2)ccc1OCc1ccccc1. The van der Waals surface area contributed by atoms with E-state index < -0.39 is 5.97 Å². The molecule has 0 atom stereocenters. The third kappa shape index (κ3) is 5.01. The molecule has 3 aromatic carbocycles. The van der Waals surface area contributed by atoms with Gasteiger partial charge < -0.3 is 19.9 Å². The summed E-state index contributed by atoms with van der Waals surface area (Å²) in [6, 6.07) is 23.7. The zero-order valence-corrected chi connectivity index (χ0v) is 14.1. The molecule has 132 valence electrons. The Morgan fingerprint density at radius 1 is 0.808 bits per heavy atom. The van der Waals surface area contributed by atoms with Gasteiger partial charge in [0.25, 0.3) is 0 Å². The van der Waals surface area contributed by atoms with Crippen LogP contribution in [0.4, 0.5) is 5.69 Å². The fraction of sp³-hybridized carbons (Fsp3) is 0.0952. The second kappa shape index (κ2) is 8.58. The molecule has 0 unspecified atom stereocenters. The molecule has 5 heteroatoms. The fourth-order valence-electron chi connectivity index (χ4n) is 2.28. The van der Waals surface area contributed by atoms with Crippen LogP contribution in [0.2, 0.25) is 0 Å². The molecule has 3 rings (SSSR count). The predicted octanol–water partition coefficient (Wildman–Crippen LogP) is 3.83. The highest BCUT2D eigenvalue weighted by atomic mass is 16.6. The first-order valence-electron chi connectivity index (χ1n) is 8.15. The van der Waals surface area contributed by atoms with Gasteiger partial charge in [-0.2, -0.15) is 0 Å². The zero-order valence-electron chi connectivity index (χ0n) is 14.1. The quantitative estimate of drug-likeness (QED) is 0.399. The molecule has 26 heavy (non-hydrogen) atoms. The molecular weight excluding hydrogens is 330 g/mol. The van der Waals surface area contributed by atoms with Crippen molar-refractivity contribution in [3.8, 4) is 17.2 Å². The predicted molar refractivity (Wildman–Crippen MR) is 99.2 cm³/mol. The number of rotatable bonds is 7. The molecule has 5 nitrogen and oxygen atoms in total. The van der Waals surface area contributed by atoms with Gasteiger partial charge in [0, 0.05) is 6.07 Å². The summed E-state index contributed by atoms with van der Waals surface area (Å²) in [6.45, 7) is 0.227. The summed E-state index contributed by atoms with van der Waals surface area (Å²) in [5.74, 6) is 0.977. The Morgan fingerprint density at radius 2 is 1.50 bits per heavy atom. The number of carbonyl (C=O) groups is 1. The number of hydrogen-bond acceptors (Lipinski definition) is 5. The van der Waals surface area contributed by atoms with Crippen LogP contribution in [-0.2, 0) is 11.4 Å². The van der Waals surface area contributed by atoms with Gasteiger partial charge in [-0.05, 0) is 29.8 Å². The molecule has 0 amide bonds. The molecule has 0 aliphatic heterocycles. The minimum Gasteiger partial charge on any atom is -0.487 e. The maximum Gasteiger partial charge on any atom is 0.349 e. The molecule has 0 aliphatic carbocycles. The van der Waals surface area contributed by atoms with E-state index in [0.717, 1.165) is 5.56 Å². The van der Waals surface area contributed by atoms with Gasteiger partial charge in [0.15, 0.2) is 6.61 Å². The number of carbonyl (C=O) groups excluding carboxylic acids is 1. The topological polar surface area (TPSA) is 70.8 Å². The van der Waals surface area contributed by atoms with E-state index in [9.17, 15) is 4.79 Å². The van der Waals surface area contributed by atoms with Crippen molar-refractivity contribution in [3.05, 3.63) is 84.4 Å². The molecule has 0 bridgehead atoms. The van der Waals surface area contributed by atoms with Crippen LogP contribution in [0.3, 0.4) is 0 Å². The number of anilines is 1. The van der Waals surface area contributed by atoms with E-state index in [1.165, 1.54) is 0 Å². The maximum absolute atomic E-state index is 11.9. The largest absolute Gasteiger partial charge is 0.487 e. The highest BCUT2D eigenvalue weighted by molar-refractivity contribution is 5.74. The molecule has 0 spiro atoms. The Hall–Kier alpha value is -3.47. The van der Waals surface area contributed by atoms with Crippen molar-refractivity contribution in [1.29, 1.82) is 0 Å². The van der Waals surface area contributed by atoms with Crippen LogP contribution in [0.15, 0.2) is 78.9 Å². The maximum atomic E-state index is 11.9. The summed E-state index contributed by atoms with van der Waals surface area (Å²) in [4.78, 5) is 11.9. The van der Waals surface area contributed by atoms with Gasteiger partial charge in [-0.15, -0.1) is 0 Å². The van der Waals surface area contributed by atoms with Crippen molar-refractivity contribution in [2.45, 2.75) is 6.61 Å². The molecular formula is C21H19NO4. The van der Waals surface area contributed by atoms with Gasteiger partial charge in [0.2, 0.25) is 0 Å². The monoisotopic (exact) mass is 349 g/mol. The zero-order chi connectivity index (χ0) is 18.2. The molecule has 0 saturated heterocycles. The van der Waals surface area contributed by atoms with Gasteiger partial charge in [-0.25, -0.2) is 4.79 Å². The summed E-state index contributed by atoms with van der Waals surface area (Å²) in [6.07, 6.45) is 0. The third-order valence-electron chi connectivity index (χ3n) is 3.55. The Labute approximate surface area is 151 Å². The minimum absolute atomic E-state index is 0.184. The molecule has 0 saturated carbocycles. The first-order valence-corrected chi connectivity index (χ1v) is 8.15. The Kier molecular flexibility index (Phi) is 5.72. The lowest BCUT2D eigenvalue weighted by Crippen LogP contribution is -2.17. The van der Waals surface area contributed by atoms with Crippen molar-refractivity contribution in [2.75, 3.05) is 12.3 Å². The first kappa shape index (κ1) is 17.4. The summed E-state index contributed by atoms with van der Waals surface area (Å²) < 4.78 is 16.3. The number of hydrogen-bond donors (Lipinski definition) is 1. The van der Waals surface area contributed by atoms with Gasteiger partial charge in [-0.1, -0.05) is 48.5 Å². The highest BCUT2D eigenvalue weighted by Crippen LogP contribution is 2.27. The van der Waals surface area contributed by atoms with E-state index in [4.69, 9.17) is 19.9 Å². The average Bonchev–Trinajstić information content (AvgIpc) is 2.67. The number of esters is 1. The normalized spacial score (nSPS) is 10.2. The van der Waals surface area contributed by atoms with Gasteiger partial charge in [0.05, 0.1) is 5.69 Å². The van der Waals surface area contributed by atoms with Crippen LogP contribution in [0.25, 0.3) is 0 Å². The Bertz CT molecular complexity index is 850. The lowest BCUT2D eigenvalue weighted by atomic mass is 10.2. The van der Waals surface area contributed by atoms with Crippen molar-refractivity contribution in [1.82, 2.24) is 0 Å². The van der Waals surface area contributed by atoms with Crippen LogP contribution in [0, 0.1) is 0 Å². The van der Waals surface area contributed by atoms with E-state index in [2.05, 4.69) is 0 Å². The van der Waals surface area contributed by atoms with E-state index in [1.54, 1.807) is 30.3 Å². The lowest BCUT2D eigenvalue weighted by Gasteiger charge is -2.11. The van der Waals surface area contributed by atoms with Crippen LogP contribution in [0.5, 0.6) is 17.2 Å². The minimum atomic E-state index is -0.508. The lowest BCUT2D eigenvalue weighted by molar-refractivity contribution is -0.136. The van der Waals surface area contributed by atoms with E-state index in [-0.39, 0.29) is 6.61 Å². The molecule has 0 fully saturated rings. The van der Waals surface area contributed by atoms with Crippen molar-refractivity contribution < 1.29 is 19.0 Å². The number of para-hydroxylation sites is 1. The molecule has 2 N–H and O–H groups in total. The molecule has 0 radical (unpaired) electrons.